The van der Waals surface area contributed by atoms with Gasteiger partial charge in [0.1, 0.15) is 5.76 Å². The molecule has 128 valence electrons. The molecule has 2 aliphatic heterocycles. The Hall–Kier alpha value is -1.32. The van der Waals surface area contributed by atoms with E-state index in [4.69, 9.17) is 16.1 Å². The number of aromatic nitrogens is 1. The molecule has 2 aromatic rings. The first-order chi connectivity index (χ1) is 11.5. The Kier molecular flexibility index (Phi) is 4.17. The van der Waals surface area contributed by atoms with Crippen LogP contribution in [0.15, 0.2) is 34.9 Å². The molecule has 2 saturated heterocycles. The molecule has 0 unspecified atom stereocenters. The number of hydrogen-bond acceptors (Lipinski definition) is 3. The summed E-state index contributed by atoms with van der Waals surface area (Å²) in [5, 5.41) is 5.12. The molecule has 0 saturated carbocycles. The van der Waals surface area contributed by atoms with Crippen LogP contribution < -0.4 is 0 Å². The summed E-state index contributed by atoms with van der Waals surface area (Å²) in [4.78, 5) is 2.56. The van der Waals surface area contributed by atoms with E-state index < -0.39 is 0 Å². The monoisotopic (exact) mass is 344 g/mol. The molecular formula is C20H25ClN2O. The van der Waals surface area contributed by atoms with Gasteiger partial charge in [-0.05, 0) is 55.8 Å². The fraction of sp³-hybridized carbons (Fsp3) is 0.550. The Morgan fingerprint density at radius 2 is 1.96 bits per heavy atom. The highest BCUT2D eigenvalue weighted by Gasteiger charge is 2.48. The van der Waals surface area contributed by atoms with E-state index >= 15 is 0 Å². The Balaban J connectivity index is 1.74. The lowest BCUT2D eigenvalue weighted by molar-refractivity contribution is 0.122. The molecule has 0 amide bonds. The number of nitrogens with zero attached hydrogens (tertiary/aromatic N) is 2. The van der Waals surface area contributed by atoms with Gasteiger partial charge >= 0.3 is 0 Å². The highest BCUT2D eigenvalue weighted by atomic mass is 35.5. The van der Waals surface area contributed by atoms with Crippen LogP contribution in [0.3, 0.4) is 0 Å². The number of likely N-dealkylation sites (N-methyl/N-ethyl adjacent to an activating group) is 1. The van der Waals surface area contributed by atoms with E-state index in [1.54, 1.807) is 0 Å². The van der Waals surface area contributed by atoms with Crippen LogP contribution in [0.1, 0.15) is 67.9 Å². The molecule has 0 radical (unpaired) electrons. The molecule has 1 aromatic heterocycles. The SMILES string of the molecule is CC(C)c1cc([C@H]2[C@@H](c3ccc(Cl)cc3)C[C@@H]3CC[C@H]2N3C)on1. The molecule has 0 spiro atoms. The largest absolute Gasteiger partial charge is 0.361 e. The first-order valence-electron chi connectivity index (χ1n) is 8.98. The Morgan fingerprint density at radius 3 is 2.62 bits per heavy atom. The average Bonchev–Trinajstić information content (AvgIpc) is 3.12. The van der Waals surface area contributed by atoms with Gasteiger partial charge in [0.2, 0.25) is 0 Å². The quantitative estimate of drug-likeness (QED) is 0.767. The lowest BCUT2D eigenvalue weighted by Gasteiger charge is -2.42. The second-order valence-corrected chi connectivity index (χ2v) is 8.13. The fourth-order valence-electron chi connectivity index (χ4n) is 4.64. The summed E-state index contributed by atoms with van der Waals surface area (Å²) in [6, 6.07) is 11.8. The molecule has 0 N–H and O–H groups in total. The Bertz CT molecular complexity index is 709. The molecule has 24 heavy (non-hydrogen) atoms. The number of halogens is 1. The summed E-state index contributed by atoms with van der Waals surface area (Å²) in [6.45, 7) is 4.33. The van der Waals surface area contributed by atoms with Crippen molar-refractivity contribution in [3.8, 4) is 0 Å². The molecule has 4 heteroatoms. The maximum Gasteiger partial charge on any atom is 0.142 e. The van der Waals surface area contributed by atoms with Crippen molar-refractivity contribution in [3.63, 3.8) is 0 Å². The Labute approximate surface area is 149 Å². The van der Waals surface area contributed by atoms with Gasteiger partial charge in [0, 0.05) is 29.1 Å². The third kappa shape index (κ3) is 2.68. The predicted molar refractivity (Wildman–Crippen MR) is 96.7 cm³/mol. The van der Waals surface area contributed by atoms with Crippen LogP contribution in [0.2, 0.25) is 5.02 Å². The van der Waals surface area contributed by atoms with Crippen LogP contribution in [0.25, 0.3) is 0 Å². The number of rotatable bonds is 3. The highest BCUT2D eigenvalue weighted by molar-refractivity contribution is 6.30. The van der Waals surface area contributed by atoms with Crippen LogP contribution >= 0.6 is 11.6 Å². The van der Waals surface area contributed by atoms with Crippen LogP contribution in [-0.2, 0) is 0 Å². The van der Waals surface area contributed by atoms with Crippen molar-refractivity contribution in [2.75, 3.05) is 7.05 Å². The lowest BCUT2D eigenvalue weighted by Crippen LogP contribution is -2.44. The summed E-state index contributed by atoms with van der Waals surface area (Å²) in [5.74, 6) is 2.30. The number of fused-ring (bicyclic) bond motifs is 2. The molecule has 0 aliphatic carbocycles. The zero-order valence-corrected chi connectivity index (χ0v) is 15.3. The van der Waals surface area contributed by atoms with Gasteiger partial charge in [-0.25, -0.2) is 0 Å². The van der Waals surface area contributed by atoms with Gasteiger partial charge in [0.25, 0.3) is 0 Å². The normalized spacial score (nSPS) is 30.2. The highest BCUT2D eigenvalue weighted by Crippen LogP contribution is 2.51. The summed E-state index contributed by atoms with van der Waals surface area (Å²) < 4.78 is 5.84. The first-order valence-corrected chi connectivity index (χ1v) is 9.36. The van der Waals surface area contributed by atoms with Crippen molar-refractivity contribution >= 4 is 11.6 Å². The van der Waals surface area contributed by atoms with Gasteiger partial charge in [0.05, 0.1) is 5.69 Å². The molecule has 3 heterocycles. The van der Waals surface area contributed by atoms with Gasteiger partial charge in [-0.2, -0.15) is 0 Å². The molecule has 4 atom stereocenters. The number of benzene rings is 1. The molecule has 2 bridgehead atoms. The van der Waals surface area contributed by atoms with Crippen molar-refractivity contribution in [1.29, 1.82) is 0 Å². The van der Waals surface area contributed by atoms with Crippen LogP contribution in [0.5, 0.6) is 0 Å². The van der Waals surface area contributed by atoms with Gasteiger partial charge in [-0.15, -0.1) is 0 Å². The summed E-state index contributed by atoms with van der Waals surface area (Å²) in [7, 11) is 2.27. The minimum atomic E-state index is 0.370. The van der Waals surface area contributed by atoms with Crippen molar-refractivity contribution in [3.05, 3.63) is 52.4 Å². The van der Waals surface area contributed by atoms with Crippen LogP contribution in [0.4, 0.5) is 0 Å². The number of piperidine rings is 1. The van der Waals surface area contributed by atoms with Gasteiger partial charge in [-0.1, -0.05) is 42.7 Å². The van der Waals surface area contributed by atoms with Crippen LogP contribution in [0, 0.1) is 0 Å². The lowest BCUT2D eigenvalue weighted by atomic mass is 9.75. The molecular weight excluding hydrogens is 320 g/mol. The van der Waals surface area contributed by atoms with E-state index in [9.17, 15) is 0 Å². The average molecular weight is 345 g/mol. The van der Waals surface area contributed by atoms with Gasteiger partial charge < -0.3 is 4.52 Å². The van der Waals surface area contributed by atoms with E-state index in [2.05, 4.69) is 49.2 Å². The zero-order valence-electron chi connectivity index (χ0n) is 14.6. The summed E-state index contributed by atoms with van der Waals surface area (Å²) in [6.07, 6.45) is 3.71. The van der Waals surface area contributed by atoms with Crippen molar-refractivity contribution in [1.82, 2.24) is 10.1 Å². The van der Waals surface area contributed by atoms with Gasteiger partial charge in [0.15, 0.2) is 0 Å². The maximum absolute atomic E-state index is 6.10. The smallest absolute Gasteiger partial charge is 0.142 e. The summed E-state index contributed by atoms with van der Waals surface area (Å²) in [5.41, 5.74) is 2.43. The second kappa shape index (κ2) is 6.20. The molecule has 2 aliphatic rings. The minimum Gasteiger partial charge on any atom is -0.361 e. The maximum atomic E-state index is 6.10. The van der Waals surface area contributed by atoms with Crippen molar-refractivity contribution in [2.24, 2.45) is 0 Å². The standard InChI is InChI=1S/C20H25ClN2O/c1-12(2)17-11-19(24-22-17)20-16(13-4-6-14(21)7-5-13)10-15-8-9-18(20)23(15)3/h4-7,11-12,15-16,18,20H,8-10H2,1-3H3/t15-,16+,18+,20-/m0/s1. The Morgan fingerprint density at radius 1 is 1.21 bits per heavy atom. The first kappa shape index (κ1) is 16.2. The molecule has 3 nitrogen and oxygen atoms in total. The van der Waals surface area contributed by atoms with E-state index in [1.807, 2.05) is 12.1 Å². The molecule has 1 aromatic carbocycles. The third-order valence-electron chi connectivity index (χ3n) is 6.03. The van der Waals surface area contributed by atoms with Crippen LogP contribution in [-0.4, -0.2) is 29.2 Å². The fourth-order valence-corrected chi connectivity index (χ4v) is 4.77. The predicted octanol–water partition coefficient (Wildman–Crippen LogP) is 5.19. The second-order valence-electron chi connectivity index (χ2n) is 7.69. The minimum absolute atomic E-state index is 0.370. The zero-order chi connectivity index (χ0) is 16.8. The van der Waals surface area contributed by atoms with E-state index in [0.29, 0.717) is 29.8 Å². The number of hydrogen-bond donors (Lipinski definition) is 0. The van der Waals surface area contributed by atoms with Crippen molar-refractivity contribution < 1.29 is 4.52 Å². The topological polar surface area (TPSA) is 29.3 Å². The van der Waals surface area contributed by atoms with Gasteiger partial charge in [-0.3, -0.25) is 4.90 Å². The van der Waals surface area contributed by atoms with E-state index in [0.717, 1.165) is 16.5 Å². The molecule has 2 fully saturated rings. The van der Waals surface area contributed by atoms with Crippen molar-refractivity contribution in [2.45, 2.75) is 62.9 Å². The van der Waals surface area contributed by atoms with E-state index in [-0.39, 0.29) is 0 Å². The third-order valence-corrected chi connectivity index (χ3v) is 6.29. The summed E-state index contributed by atoms with van der Waals surface area (Å²) >= 11 is 6.10. The van der Waals surface area contributed by atoms with E-state index in [1.165, 1.54) is 24.8 Å². The molecule has 4 rings (SSSR count).